The van der Waals surface area contributed by atoms with Gasteiger partial charge in [-0.2, -0.15) is 0 Å². The van der Waals surface area contributed by atoms with Gasteiger partial charge in [-0.3, -0.25) is 0 Å². The van der Waals surface area contributed by atoms with Crippen molar-refractivity contribution < 1.29 is 20.4 Å². The molecule has 4 heteroatoms. The van der Waals surface area contributed by atoms with Crippen molar-refractivity contribution in [3.05, 3.63) is 11.6 Å². The first-order chi connectivity index (χ1) is 5.12. The van der Waals surface area contributed by atoms with E-state index in [0.717, 1.165) is 0 Å². The molecule has 0 aromatic rings. The minimum Gasteiger partial charge on any atom is -0.393 e. The molecule has 0 unspecified atom stereocenters. The van der Waals surface area contributed by atoms with E-state index in [0.29, 0.717) is 5.57 Å². The average Bonchev–Trinajstić information content (AvgIpc) is 2.29. The van der Waals surface area contributed by atoms with Crippen molar-refractivity contribution in [2.24, 2.45) is 0 Å². The molecule has 0 saturated carbocycles. The standard InChI is InChI=1S/C7H12O4/c8-3-5-1-6(10)7(11,2-5)4-9/h1,6,8-11H,2-4H2/t6-,7-/m0/s1. The molecular formula is C7H12O4. The Kier molecular flexibility index (Phi) is 2.29. The second-order valence-electron chi connectivity index (χ2n) is 2.87. The number of rotatable bonds is 2. The van der Waals surface area contributed by atoms with Crippen LogP contribution < -0.4 is 0 Å². The first-order valence-corrected chi connectivity index (χ1v) is 3.44. The molecule has 11 heavy (non-hydrogen) atoms. The van der Waals surface area contributed by atoms with Gasteiger partial charge in [-0.05, 0) is 5.57 Å². The van der Waals surface area contributed by atoms with Gasteiger partial charge in [0.15, 0.2) is 0 Å². The van der Waals surface area contributed by atoms with Gasteiger partial charge in [0.05, 0.1) is 13.2 Å². The zero-order valence-electron chi connectivity index (χ0n) is 6.06. The molecule has 4 N–H and O–H groups in total. The van der Waals surface area contributed by atoms with Crippen LogP contribution in [0.4, 0.5) is 0 Å². The Morgan fingerprint density at radius 3 is 2.45 bits per heavy atom. The maximum atomic E-state index is 9.41. The summed E-state index contributed by atoms with van der Waals surface area (Å²) in [7, 11) is 0. The third-order valence-electron chi connectivity index (χ3n) is 1.95. The third kappa shape index (κ3) is 1.44. The molecule has 0 bridgehead atoms. The molecule has 0 aromatic carbocycles. The molecule has 1 aliphatic carbocycles. The van der Waals surface area contributed by atoms with Crippen LogP contribution in [0, 0.1) is 0 Å². The molecule has 64 valence electrons. The normalized spacial score (nSPS) is 37.5. The lowest BCUT2D eigenvalue weighted by Gasteiger charge is -2.23. The van der Waals surface area contributed by atoms with Crippen LogP contribution in [-0.2, 0) is 0 Å². The molecule has 1 aliphatic rings. The first-order valence-electron chi connectivity index (χ1n) is 3.44. The summed E-state index contributed by atoms with van der Waals surface area (Å²) < 4.78 is 0. The van der Waals surface area contributed by atoms with Crippen molar-refractivity contribution in [3.8, 4) is 0 Å². The second kappa shape index (κ2) is 2.91. The van der Waals surface area contributed by atoms with Crippen LogP contribution in [0.3, 0.4) is 0 Å². The number of aliphatic hydroxyl groups excluding tert-OH is 3. The Labute approximate surface area is 64.4 Å². The van der Waals surface area contributed by atoms with Gasteiger partial charge in [0.1, 0.15) is 11.7 Å². The summed E-state index contributed by atoms with van der Waals surface area (Å²) in [6.45, 7) is -0.673. The fourth-order valence-corrected chi connectivity index (χ4v) is 1.19. The Hall–Kier alpha value is -0.420. The maximum absolute atomic E-state index is 9.41. The quantitative estimate of drug-likeness (QED) is 0.366. The highest BCUT2D eigenvalue weighted by Gasteiger charge is 2.39. The predicted octanol–water partition coefficient (Wildman–Crippen LogP) is -1.61. The van der Waals surface area contributed by atoms with Crippen LogP contribution in [0.15, 0.2) is 11.6 Å². The van der Waals surface area contributed by atoms with E-state index in [1.54, 1.807) is 0 Å². The van der Waals surface area contributed by atoms with Crippen molar-refractivity contribution in [2.45, 2.75) is 18.1 Å². The Bertz CT molecular complexity index is 177. The number of hydrogen-bond donors (Lipinski definition) is 4. The van der Waals surface area contributed by atoms with Gasteiger partial charge in [0.2, 0.25) is 0 Å². The van der Waals surface area contributed by atoms with Crippen LogP contribution in [0.1, 0.15) is 6.42 Å². The molecule has 0 heterocycles. The molecule has 0 aromatic heterocycles. The molecule has 0 amide bonds. The van der Waals surface area contributed by atoms with Crippen molar-refractivity contribution in [3.63, 3.8) is 0 Å². The van der Waals surface area contributed by atoms with Gasteiger partial charge in [-0.25, -0.2) is 0 Å². The zero-order chi connectivity index (χ0) is 8.48. The lowest BCUT2D eigenvalue weighted by atomic mass is 9.99. The van der Waals surface area contributed by atoms with E-state index in [-0.39, 0.29) is 13.0 Å². The zero-order valence-corrected chi connectivity index (χ0v) is 6.06. The molecule has 0 spiro atoms. The third-order valence-corrected chi connectivity index (χ3v) is 1.95. The van der Waals surface area contributed by atoms with Gasteiger partial charge in [-0.15, -0.1) is 0 Å². The summed E-state index contributed by atoms with van der Waals surface area (Å²) in [5.74, 6) is 0. The summed E-state index contributed by atoms with van der Waals surface area (Å²) in [5.41, 5.74) is -0.910. The van der Waals surface area contributed by atoms with Gasteiger partial charge >= 0.3 is 0 Å². The molecule has 0 fully saturated rings. The highest BCUT2D eigenvalue weighted by molar-refractivity contribution is 5.21. The smallest absolute Gasteiger partial charge is 0.121 e. The van der Waals surface area contributed by atoms with Crippen LogP contribution in [-0.4, -0.2) is 45.3 Å². The van der Waals surface area contributed by atoms with Crippen molar-refractivity contribution in [2.75, 3.05) is 13.2 Å². The van der Waals surface area contributed by atoms with E-state index in [9.17, 15) is 5.11 Å². The predicted molar refractivity (Wildman–Crippen MR) is 37.8 cm³/mol. The summed E-state index contributed by atoms with van der Waals surface area (Å²) in [5, 5.41) is 35.9. The number of aliphatic hydroxyl groups is 4. The van der Waals surface area contributed by atoms with E-state index >= 15 is 0 Å². The highest BCUT2D eigenvalue weighted by atomic mass is 16.4. The monoisotopic (exact) mass is 160 g/mol. The van der Waals surface area contributed by atoms with E-state index in [2.05, 4.69) is 0 Å². The SMILES string of the molecule is OCC1=C[C@H](O)[C@@](O)(CO)C1. The summed E-state index contributed by atoms with van der Waals surface area (Å²) >= 11 is 0. The van der Waals surface area contributed by atoms with Gasteiger partial charge in [0, 0.05) is 6.42 Å². The van der Waals surface area contributed by atoms with Crippen molar-refractivity contribution in [1.82, 2.24) is 0 Å². The van der Waals surface area contributed by atoms with Crippen molar-refractivity contribution in [1.29, 1.82) is 0 Å². The van der Waals surface area contributed by atoms with E-state index in [4.69, 9.17) is 15.3 Å². The first kappa shape index (κ1) is 8.67. The van der Waals surface area contributed by atoms with E-state index in [1.807, 2.05) is 0 Å². The molecule has 0 radical (unpaired) electrons. The lowest BCUT2D eigenvalue weighted by Crippen LogP contribution is -2.41. The second-order valence-corrected chi connectivity index (χ2v) is 2.87. The molecule has 1 rings (SSSR count). The maximum Gasteiger partial charge on any atom is 0.121 e. The van der Waals surface area contributed by atoms with Crippen LogP contribution in [0.2, 0.25) is 0 Å². The highest BCUT2D eigenvalue weighted by Crippen LogP contribution is 2.28. The number of hydrogen-bond acceptors (Lipinski definition) is 4. The van der Waals surface area contributed by atoms with Crippen LogP contribution in [0.25, 0.3) is 0 Å². The molecular weight excluding hydrogens is 148 g/mol. The van der Waals surface area contributed by atoms with Gasteiger partial charge in [0.25, 0.3) is 0 Å². The molecule has 0 saturated heterocycles. The van der Waals surface area contributed by atoms with Crippen molar-refractivity contribution >= 4 is 0 Å². The lowest BCUT2D eigenvalue weighted by molar-refractivity contribution is -0.0764. The fourth-order valence-electron chi connectivity index (χ4n) is 1.19. The molecule has 2 atom stereocenters. The average molecular weight is 160 g/mol. The summed E-state index contributed by atoms with van der Waals surface area (Å²) in [6.07, 6.45) is 0.451. The topological polar surface area (TPSA) is 80.9 Å². The minimum atomic E-state index is -1.47. The fraction of sp³-hybridized carbons (Fsp3) is 0.714. The summed E-state index contributed by atoms with van der Waals surface area (Å²) in [6, 6.07) is 0. The van der Waals surface area contributed by atoms with E-state index in [1.165, 1.54) is 6.08 Å². The Balaban J connectivity index is 2.68. The van der Waals surface area contributed by atoms with Gasteiger partial charge < -0.3 is 20.4 Å². The molecule has 0 aliphatic heterocycles. The van der Waals surface area contributed by atoms with Crippen LogP contribution in [0.5, 0.6) is 0 Å². The largest absolute Gasteiger partial charge is 0.393 e. The molecule has 4 nitrogen and oxygen atoms in total. The van der Waals surface area contributed by atoms with Gasteiger partial charge in [-0.1, -0.05) is 6.08 Å². The minimum absolute atomic E-state index is 0.140. The summed E-state index contributed by atoms with van der Waals surface area (Å²) in [4.78, 5) is 0. The Morgan fingerprint density at radius 2 is 2.18 bits per heavy atom. The van der Waals surface area contributed by atoms with E-state index < -0.39 is 18.3 Å². The Morgan fingerprint density at radius 1 is 1.55 bits per heavy atom. The van der Waals surface area contributed by atoms with Crippen LogP contribution >= 0.6 is 0 Å².